The molecule has 6 nitrogen and oxygen atoms in total. The molecule has 1 N–H and O–H groups in total. The fraction of sp³-hybridized carbons (Fsp3) is 0.417. The van der Waals surface area contributed by atoms with E-state index >= 15 is 0 Å². The summed E-state index contributed by atoms with van der Waals surface area (Å²) in [7, 11) is 0. The predicted octanol–water partition coefficient (Wildman–Crippen LogP) is 4.47. The average Bonchev–Trinajstić information content (AvgIpc) is 2.82. The second-order valence-electron chi connectivity index (χ2n) is 8.11. The number of amides is 3. The lowest BCUT2D eigenvalue weighted by molar-refractivity contribution is -0.126. The maximum Gasteiger partial charge on any atom is 0.324 e. The quantitative estimate of drug-likeness (QED) is 0.761. The standard InChI is InChI=1S/C24H28ClN3O3/c1-2-20-16-28(21-5-3-4-6-22(21)31-20)24(30)27-13-11-18(12-14-27)23(29)26-15-17-7-9-19(25)10-8-17/h3-10,18,20H,2,11-16H2,1H3,(H,26,29). The number of rotatable bonds is 4. The number of halogens is 1. The molecule has 2 aliphatic heterocycles. The molecular formula is C24H28ClN3O3. The number of piperidine rings is 1. The molecule has 0 radical (unpaired) electrons. The number of hydrogen-bond donors (Lipinski definition) is 1. The molecule has 0 aliphatic carbocycles. The minimum atomic E-state index is -0.0725. The highest BCUT2D eigenvalue weighted by Gasteiger charge is 2.34. The van der Waals surface area contributed by atoms with Crippen LogP contribution in [0.15, 0.2) is 48.5 Å². The van der Waals surface area contributed by atoms with Crippen molar-refractivity contribution in [2.24, 2.45) is 5.92 Å². The van der Waals surface area contributed by atoms with Crippen molar-refractivity contribution in [1.82, 2.24) is 10.2 Å². The van der Waals surface area contributed by atoms with Crippen LogP contribution < -0.4 is 15.0 Å². The summed E-state index contributed by atoms with van der Waals surface area (Å²) < 4.78 is 5.99. The minimum absolute atomic E-state index is 0.00460. The first-order valence-corrected chi connectivity index (χ1v) is 11.3. The van der Waals surface area contributed by atoms with Gasteiger partial charge in [-0.05, 0) is 49.1 Å². The van der Waals surface area contributed by atoms with E-state index in [9.17, 15) is 9.59 Å². The summed E-state index contributed by atoms with van der Waals surface area (Å²) in [6, 6.07) is 15.1. The van der Waals surface area contributed by atoms with Crippen molar-refractivity contribution in [2.45, 2.75) is 38.8 Å². The lowest BCUT2D eigenvalue weighted by atomic mass is 9.96. The first-order chi connectivity index (χ1) is 15.0. The minimum Gasteiger partial charge on any atom is -0.486 e. The molecule has 4 rings (SSSR count). The third-order valence-electron chi connectivity index (χ3n) is 6.04. The number of nitrogens with one attached hydrogen (secondary N) is 1. The van der Waals surface area contributed by atoms with Crippen molar-refractivity contribution >= 4 is 29.2 Å². The van der Waals surface area contributed by atoms with E-state index in [0.29, 0.717) is 44.0 Å². The molecule has 2 aromatic rings. The molecule has 0 spiro atoms. The van der Waals surface area contributed by atoms with E-state index in [0.717, 1.165) is 23.4 Å². The molecule has 0 saturated carbocycles. The van der Waals surface area contributed by atoms with E-state index in [1.807, 2.05) is 58.3 Å². The fourth-order valence-electron chi connectivity index (χ4n) is 4.13. The van der Waals surface area contributed by atoms with Gasteiger partial charge in [0.15, 0.2) is 0 Å². The van der Waals surface area contributed by atoms with Crippen LogP contribution in [0, 0.1) is 5.92 Å². The zero-order valence-corrected chi connectivity index (χ0v) is 18.5. The molecule has 164 valence electrons. The van der Waals surface area contributed by atoms with Gasteiger partial charge in [0.2, 0.25) is 5.91 Å². The molecule has 1 atom stereocenters. The summed E-state index contributed by atoms with van der Waals surface area (Å²) in [5, 5.41) is 3.69. The van der Waals surface area contributed by atoms with Crippen molar-refractivity contribution < 1.29 is 14.3 Å². The van der Waals surface area contributed by atoms with Gasteiger partial charge in [-0.25, -0.2) is 4.79 Å². The van der Waals surface area contributed by atoms with Gasteiger partial charge in [-0.3, -0.25) is 9.69 Å². The highest BCUT2D eigenvalue weighted by molar-refractivity contribution is 6.30. The van der Waals surface area contributed by atoms with Crippen molar-refractivity contribution in [3.8, 4) is 5.75 Å². The van der Waals surface area contributed by atoms with Crippen LogP contribution in [0.1, 0.15) is 31.7 Å². The van der Waals surface area contributed by atoms with Gasteiger partial charge in [-0.15, -0.1) is 0 Å². The molecule has 0 bridgehead atoms. The van der Waals surface area contributed by atoms with Gasteiger partial charge in [0.25, 0.3) is 0 Å². The van der Waals surface area contributed by atoms with E-state index in [-0.39, 0.29) is 24.0 Å². The molecule has 1 unspecified atom stereocenters. The highest BCUT2D eigenvalue weighted by atomic mass is 35.5. The Morgan fingerprint density at radius 2 is 1.81 bits per heavy atom. The number of para-hydroxylation sites is 2. The number of nitrogens with zero attached hydrogens (tertiary/aromatic N) is 2. The smallest absolute Gasteiger partial charge is 0.324 e. The number of carbonyl (C=O) groups is 2. The molecule has 2 aliphatic rings. The first kappa shape index (κ1) is 21.5. The molecule has 1 fully saturated rings. The molecule has 2 heterocycles. The number of ether oxygens (including phenoxy) is 1. The second-order valence-corrected chi connectivity index (χ2v) is 8.55. The maximum absolute atomic E-state index is 13.3. The number of benzene rings is 2. The first-order valence-electron chi connectivity index (χ1n) is 10.9. The topological polar surface area (TPSA) is 61.9 Å². The van der Waals surface area contributed by atoms with Crippen molar-refractivity contribution in [2.75, 3.05) is 24.5 Å². The molecule has 3 amide bonds. The number of urea groups is 1. The van der Waals surface area contributed by atoms with E-state index < -0.39 is 0 Å². The van der Waals surface area contributed by atoms with E-state index in [1.165, 1.54) is 0 Å². The van der Waals surface area contributed by atoms with Crippen LogP contribution in [-0.4, -0.2) is 42.6 Å². The highest BCUT2D eigenvalue weighted by Crippen LogP contribution is 2.35. The molecular weight excluding hydrogens is 414 g/mol. The zero-order chi connectivity index (χ0) is 21.8. The Kier molecular flexibility index (Phi) is 6.66. The number of fused-ring (bicyclic) bond motifs is 1. The summed E-state index contributed by atoms with van der Waals surface area (Å²) in [5.74, 6) is 0.729. The summed E-state index contributed by atoms with van der Waals surface area (Å²) in [6.07, 6.45) is 2.17. The van der Waals surface area contributed by atoms with Crippen molar-refractivity contribution in [3.63, 3.8) is 0 Å². The fourth-order valence-corrected chi connectivity index (χ4v) is 4.26. The van der Waals surface area contributed by atoms with Gasteiger partial charge >= 0.3 is 6.03 Å². The van der Waals surface area contributed by atoms with Gasteiger partial charge in [0, 0.05) is 30.6 Å². The number of anilines is 1. The third kappa shape index (κ3) is 4.96. The number of likely N-dealkylation sites (tertiary alicyclic amines) is 1. The van der Waals surface area contributed by atoms with Gasteiger partial charge < -0.3 is 15.0 Å². The number of carbonyl (C=O) groups excluding carboxylic acids is 2. The summed E-state index contributed by atoms with van der Waals surface area (Å²) in [5.41, 5.74) is 1.84. The monoisotopic (exact) mass is 441 g/mol. The van der Waals surface area contributed by atoms with Crippen molar-refractivity contribution in [3.05, 3.63) is 59.1 Å². The average molecular weight is 442 g/mol. The Bertz CT molecular complexity index is 926. The molecule has 7 heteroatoms. The lowest BCUT2D eigenvalue weighted by Gasteiger charge is -2.39. The molecule has 2 aromatic carbocycles. The van der Waals surface area contributed by atoms with Gasteiger partial charge in [0.05, 0.1) is 12.2 Å². The van der Waals surface area contributed by atoms with Gasteiger partial charge in [0.1, 0.15) is 11.9 Å². The van der Waals surface area contributed by atoms with Crippen LogP contribution in [-0.2, 0) is 11.3 Å². The van der Waals surface area contributed by atoms with Crippen LogP contribution in [0.4, 0.5) is 10.5 Å². The van der Waals surface area contributed by atoms with Crippen LogP contribution >= 0.6 is 11.6 Å². The largest absolute Gasteiger partial charge is 0.486 e. The van der Waals surface area contributed by atoms with Gasteiger partial charge in [-0.2, -0.15) is 0 Å². The third-order valence-corrected chi connectivity index (χ3v) is 6.29. The van der Waals surface area contributed by atoms with Crippen LogP contribution in [0.25, 0.3) is 0 Å². The van der Waals surface area contributed by atoms with Gasteiger partial charge in [-0.1, -0.05) is 42.8 Å². The van der Waals surface area contributed by atoms with Crippen LogP contribution in [0.2, 0.25) is 5.02 Å². The van der Waals surface area contributed by atoms with Crippen LogP contribution in [0.5, 0.6) is 5.75 Å². The Balaban J connectivity index is 1.32. The Morgan fingerprint density at radius 1 is 1.10 bits per heavy atom. The Labute approximate surface area is 188 Å². The van der Waals surface area contributed by atoms with E-state index in [2.05, 4.69) is 12.2 Å². The summed E-state index contributed by atoms with van der Waals surface area (Å²) in [4.78, 5) is 29.6. The Hall–Kier alpha value is -2.73. The normalized spacial score (nSPS) is 18.8. The van der Waals surface area contributed by atoms with Crippen molar-refractivity contribution in [1.29, 1.82) is 0 Å². The molecule has 31 heavy (non-hydrogen) atoms. The number of hydrogen-bond acceptors (Lipinski definition) is 3. The SMILES string of the molecule is CCC1CN(C(=O)N2CCC(C(=O)NCc3ccc(Cl)cc3)CC2)c2ccccc2O1. The maximum atomic E-state index is 13.3. The predicted molar refractivity (Wildman–Crippen MR) is 121 cm³/mol. The zero-order valence-electron chi connectivity index (χ0n) is 17.7. The summed E-state index contributed by atoms with van der Waals surface area (Å²) >= 11 is 5.91. The molecule has 0 aromatic heterocycles. The summed E-state index contributed by atoms with van der Waals surface area (Å²) in [6.45, 7) is 4.25. The Morgan fingerprint density at radius 3 is 2.52 bits per heavy atom. The van der Waals surface area contributed by atoms with Crippen LogP contribution in [0.3, 0.4) is 0 Å². The van der Waals surface area contributed by atoms with E-state index in [4.69, 9.17) is 16.3 Å². The second kappa shape index (κ2) is 9.60. The van der Waals surface area contributed by atoms with E-state index in [1.54, 1.807) is 0 Å². The lowest BCUT2D eigenvalue weighted by Crippen LogP contribution is -2.52. The molecule has 1 saturated heterocycles.